The van der Waals surface area contributed by atoms with E-state index in [1.807, 2.05) is 53.4 Å². The quantitative estimate of drug-likeness (QED) is 0.736. The summed E-state index contributed by atoms with van der Waals surface area (Å²) in [5.41, 5.74) is 1.55. The lowest BCUT2D eigenvalue weighted by Gasteiger charge is -2.36. The molecule has 0 aromatic heterocycles. The second-order valence-corrected chi connectivity index (χ2v) is 8.05. The maximum absolute atomic E-state index is 13.1. The molecule has 2 heterocycles. The van der Waals surface area contributed by atoms with Crippen LogP contribution in [-0.4, -0.2) is 47.9 Å². The maximum atomic E-state index is 13.1. The normalized spacial score (nSPS) is 18.4. The topological polar surface area (TPSA) is 32.8 Å². The van der Waals surface area contributed by atoms with Gasteiger partial charge in [0.25, 0.3) is 5.91 Å². The number of halogens is 1. The van der Waals surface area contributed by atoms with Crippen LogP contribution < -0.4 is 4.74 Å². The zero-order valence-electron chi connectivity index (χ0n) is 16.1. The number of amides is 1. The summed E-state index contributed by atoms with van der Waals surface area (Å²) >= 11 is 6.22. The van der Waals surface area contributed by atoms with Gasteiger partial charge >= 0.3 is 0 Å². The van der Waals surface area contributed by atoms with Crippen LogP contribution in [0.25, 0.3) is 0 Å². The molecular weight excluding hydrogens is 372 g/mol. The van der Waals surface area contributed by atoms with Crippen molar-refractivity contribution >= 4 is 17.5 Å². The van der Waals surface area contributed by atoms with Crippen molar-refractivity contribution in [3.63, 3.8) is 0 Å². The molecule has 148 valence electrons. The molecule has 1 amide bonds. The number of rotatable bonds is 5. The van der Waals surface area contributed by atoms with Crippen LogP contribution in [0.3, 0.4) is 0 Å². The molecule has 2 aromatic carbocycles. The van der Waals surface area contributed by atoms with Crippen molar-refractivity contribution in [2.75, 3.05) is 26.2 Å². The van der Waals surface area contributed by atoms with E-state index in [4.69, 9.17) is 16.3 Å². The Balaban J connectivity index is 1.40. The van der Waals surface area contributed by atoms with Crippen LogP contribution >= 0.6 is 11.6 Å². The molecule has 0 atom stereocenters. The van der Waals surface area contributed by atoms with Gasteiger partial charge in [-0.2, -0.15) is 0 Å². The Labute approximate surface area is 172 Å². The minimum Gasteiger partial charge on any atom is -0.488 e. The summed E-state index contributed by atoms with van der Waals surface area (Å²) in [6, 6.07) is 15.8. The number of likely N-dealkylation sites (tertiary alicyclic amines) is 2. The van der Waals surface area contributed by atoms with Crippen molar-refractivity contribution in [3.8, 4) is 5.75 Å². The SMILES string of the molecule is O=C(c1ccccc1OCc1ccccc1Cl)N1CCC(N2CCCC2)CC1. The van der Waals surface area contributed by atoms with E-state index >= 15 is 0 Å². The Hall–Kier alpha value is -2.04. The third kappa shape index (κ3) is 4.34. The van der Waals surface area contributed by atoms with Gasteiger partial charge < -0.3 is 14.5 Å². The van der Waals surface area contributed by atoms with Crippen LogP contribution in [0.1, 0.15) is 41.6 Å². The summed E-state index contributed by atoms with van der Waals surface area (Å²) in [4.78, 5) is 17.7. The second kappa shape index (κ2) is 8.97. The summed E-state index contributed by atoms with van der Waals surface area (Å²) in [5.74, 6) is 0.684. The second-order valence-electron chi connectivity index (χ2n) is 7.64. The third-order valence-electron chi connectivity index (χ3n) is 5.87. The third-order valence-corrected chi connectivity index (χ3v) is 6.24. The molecule has 2 saturated heterocycles. The molecule has 5 heteroatoms. The van der Waals surface area contributed by atoms with Crippen LogP contribution in [-0.2, 0) is 6.61 Å². The molecule has 2 aliphatic rings. The van der Waals surface area contributed by atoms with Gasteiger partial charge in [0.1, 0.15) is 12.4 Å². The molecule has 0 radical (unpaired) electrons. The highest BCUT2D eigenvalue weighted by atomic mass is 35.5. The van der Waals surface area contributed by atoms with Gasteiger partial charge in [-0.15, -0.1) is 0 Å². The van der Waals surface area contributed by atoms with Crippen molar-refractivity contribution in [1.82, 2.24) is 9.80 Å². The predicted octanol–water partition coefficient (Wildman–Crippen LogP) is 4.62. The number of para-hydroxylation sites is 1. The first-order valence-electron chi connectivity index (χ1n) is 10.2. The number of benzene rings is 2. The van der Waals surface area contributed by atoms with Gasteiger partial charge in [-0.25, -0.2) is 0 Å². The van der Waals surface area contributed by atoms with Crippen molar-refractivity contribution in [3.05, 3.63) is 64.7 Å². The van der Waals surface area contributed by atoms with Gasteiger partial charge in [0.2, 0.25) is 0 Å². The zero-order chi connectivity index (χ0) is 19.3. The van der Waals surface area contributed by atoms with E-state index in [-0.39, 0.29) is 5.91 Å². The number of ether oxygens (including phenoxy) is 1. The van der Waals surface area contributed by atoms with E-state index in [1.165, 1.54) is 25.9 Å². The minimum absolute atomic E-state index is 0.0645. The Morgan fingerprint density at radius 3 is 2.39 bits per heavy atom. The number of carbonyl (C=O) groups excluding carboxylic acids is 1. The number of carbonyl (C=O) groups is 1. The van der Waals surface area contributed by atoms with Crippen LogP contribution in [0.15, 0.2) is 48.5 Å². The highest BCUT2D eigenvalue weighted by molar-refractivity contribution is 6.31. The van der Waals surface area contributed by atoms with Gasteiger partial charge in [0.15, 0.2) is 0 Å². The molecule has 0 N–H and O–H groups in total. The molecule has 4 rings (SSSR count). The zero-order valence-corrected chi connectivity index (χ0v) is 16.9. The van der Waals surface area contributed by atoms with Crippen LogP contribution in [0, 0.1) is 0 Å². The molecule has 0 bridgehead atoms. The maximum Gasteiger partial charge on any atom is 0.257 e. The van der Waals surface area contributed by atoms with Crippen LogP contribution in [0.2, 0.25) is 5.02 Å². The van der Waals surface area contributed by atoms with Gasteiger partial charge in [0.05, 0.1) is 5.56 Å². The molecule has 0 unspecified atom stereocenters. The van der Waals surface area contributed by atoms with Crippen molar-refractivity contribution < 1.29 is 9.53 Å². The average Bonchev–Trinajstić information content (AvgIpc) is 3.28. The van der Waals surface area contributed by atoms with Crippen LogP contribution in [0.4, 0.5) is 0 Å². The van der Waals surface area contributed by atoms with Crippen molar-refractivity contribution in [2.24, 2.45) is 0 Å². The summed E-state index contributed by atoms with van der Waals surface area (Å²) < 4.78 is 5.98. The monoisotopic (exact) mass is 398 g/mol. The molecule has 4 nitrogen and oxygen atoms in total. The molecular formula is C23H27ClN2O2. The first-order valence-corrected chi connectivity index (χ1v) is 10.6. The largest absolute Gasteiger partial charge is 0.488 e. The van der Waals surface area contributed by atoms with E-state index in [0.29, 0.717) is 29.0 Å². The lowest BCUT2D eigenvalue weighted by molar-refractivity contribution is 0.0640. The fourth-order valence-corrected chi connectivity index (χ4v) is 4.44. The fraction of sp³-hybridized carbons (Fsp3) is 0.435. The first-order chi connectivity index (χ1) is 13.7. The Morgan fingerprint density at radius 2 is 1.64 bits per heavy atom. The number of piperidine rings is 1. The summed E-state index contributed by atoms with van der Waals surface area (Å²) in [5, 5.41) is 0.676. The highest BCUT2D eigenvalue weighted by Gasteiger charge is 2.29. The fourth-order valence-electron chi connectivity index (χ4n) is 4.25. The molecule has 0 spiro atoms. The van der Waals surface area contributed by atoms with E-state index < -0.39 is 0 Å². The van der Waals surface area contributed by atoms with Gasteiger partial charge in [-0.05, 0) is 57.0 Å². The Kier molecular flexibility index (Phi) is 6.18. The highest BCUT2D eigenvalue weighted by Crippen LogP contribution is 2.26. The smallest absolute Gasteiger partial charge is 0.257 e. The molecule has 28 heavy (non-hydrogen) atoms. The molecule has 2 fully saturated rings. The van der Waals surface area contributed by atoms with Crippen molar-refractivity contribution in [2.45, 2.75) is 38.3 Å². The number of hydrogen-bond acceptors (Lipinski definition) is 3. The van der Waals surface area contributed by atoms with E-state index in [9.17, 15) is 4.79 Å². The summed E-state index contributed by atoms with van der Waals surface area (Å²) in [6.45, 7) is 4.42. The summed E-state index contributed by atoms with van der Waals surface area (Å²) in [7, 11) is 0. The van der Waals surface area contributed by atoms with Crippen molar-refractivity contribution in [1.29, 1.82) is 0 Å². The number of nitrogens with zero attached hydrogens (tertiary/aromatic N) is 2. The molecule has 0 aliphatic carbocycles. The Morgan fingerprint density at radius 1 is 0.964 bits per heavy atom. The predicted molar refractivity (Wildman–Crippen MR) is 112 cm³/mol. The van der Waals surface area contributed by atoms with E-state index in [0.717, 1.165) is 31.5 Å². The number of hydrogen-bond donors (Lipinski definition) is 0. The van der Waals surface area contributed by atoms with Gasteiger partial charge in [-0.1, -0.05) is 41.9 Å². The van der Waals surface area contributed by atoms with E-state index in [1.54, 1.807) is 0 Å². The molecule has 2 aromatic rings. The molecule has 2 aliphatic heterocycles. The standard InChI is InChI=1S/C23H27ClN2O2/c24-21-9-3-1-7-18(21)17-28-22-10-4-2-8-20(22)23(27)26-15-11-19(12-16-26)25-13-5-6-14-25/h1-4,7-10,19H,5-6,11-17H2. The lowest BCUT2D eigenvalue weighted by Crippen LogP contribution is -2.45. The average molecular weight is 399 g/mol. The van der Waals surface area contributed by atoms with Gasteiger partial charge in [0, 0.05) is 29.7 Å². The minimum atomic E-state index is 0.0645. The van der Waals surface area contributed by atoms with Crippen LogP contribution in [0.5, 0.6) is 5.75 Å². The van der Waals surface area contributed by atoms with E-state index in [2.05, 4.69) is 4.90 Å². The lowest BCUT2D eigenvalue weighted by atomic mass is 10.0. The Bertz CT molecular complexity index is 812. The van der Waals surface area contributed by atoms with Gasteiger partial charge in [-0.3, -0.25) is 4.79 Å². The molecule has 0 saturated carbocycles. The summed E-state index contributed by atoms with van der Waals surface area (Å²) in [6.07, 6.45) is 4.76. The first kappa shape index (κ1) is 19.3.